The summed E-state index contributed by atoms with van der Waals surface area (Å²) in [5, 5.41) is 0. The Morgan fingerprint density at radius 1 is 0.543 bits per heavy atom. The maximum atomic E-state index is 13.3. The van der Waals surface area contributed by atoms with E-state index < -0.39 is 6.16 Å². The van der Waals surface area contributed by atoms with Crippen molar-refractivity contribution in [3.63, 3.8) is 0 Å². The summed E-state index contributed by atoms with van der Waals surface area (Å²) >= 11 is 0. The van der Waals surface area contributed by atoms with Crippen LogP contribution in [0.3, 0.4) is 0 Å². The Morgan fingerprint density at radius 2 is 1.11 bits per heavy atom. The topological polar surface area (TPSA) is 144 Å². The number of ether oxygens (including phenoxy) is 6. The van der Waals surface area contributed by atoms with Gasteiger partial charge in [0.2, 0.25) is 0 Å². The van der Waals surface area contributed by atoms with Crippen LogP contribution in [0.1, 0.15) is 227 Å². The highest BCUT2D eigenvalue weighted by Gasteiger charge is 2.39. The number of esters is 4. The lowest BCUT2D eigenvalue weighted by atomic mass is 9.89. The Morgan fingerprint density at radius 3 is 1.74 bits per heavy atom. The highest BCUT2D eigenvalue weighted by Crippen LogP contribution is 2.39. The Labute approximate surface area is 426 Å². The minimum absolute atomic E-state index is 0.00998. The monoisotopic (exact) mass is 988 g/mol. The molecule has 70 heavy (non-hydrogen) atoms. The van der Waals surface area contributed by atoms with Crippen molar-refractivity contribution >= 4 is 30.0 Å². The molecule has 0 aromatic rings. The van der Waals surface area contributed by atoms with Gasteiger partial charge in [-0.15, -0.1) is 0 Å². The Kier molecular flexibility index (Phi) is 41.6. The molecule has 0 aliphatic heterocycles. The van der Waals surface area contributed by atoms with E-state index in [4.69, 9.17) is 28.4 Å². The molecule has 0 spiro atoms. The van der Waals surface area contributed by atoms with Gasteiger partial charge in [0.05, 0.1) is 19.8 Å². The fourth-order valence-corrected chi connectivity index (χ4v) is 8.71. The summed E-state index contributed by atoms with van der Waals surface area (Å²) in [5.41, 5.74) is 0. The molecule has 0 radical (unpaired) electrons. The van der Waals surface area contributed by atoms with E-state index in [1.165, 1.54) is 44.9 Å². The van der Waals surface area contributed by atoms with Gasteiger partial charge in [-0.05, 0) is 116 Å². The van der Waals surface area contributed by atoms with E-state index in [1.807, 2.05) is 19.0 Å². The van der Waals surface area contributed by atoms with Crippen LogP contribution < -0.4 is 0 Å². The van der Waals surface area contributed by atoms with E-state index in [1.54, 1.807) is 0 Å². The fourth-order valence-electron chi connectivity index (χ4n) is 8.71. The number of rotatable bonds is 45. The van der Waals surface area contributed by atoms with Crippen LogP contribution in [0.2, 0.25) is 0 Å². The zero-order chi connectivity index (χ0) is 51.3. The molecule has 0 N–H and O–H groups in total. The predicted octanol–water partition coefficient (Wildman–Crippen LogP) is 14.3. The van der Waals surface area contributed by atoms with Crippen LogP contribution in [-0.4, -0.2) is 94.2 Å². The van der Waals surface area contributed by atoms with Gasteiger partial charge in [-0.1, -0.05) is 135 Å². The van der Waals surface area contributed by atoms with Crippen molar-refractivity contribution in [1.82, 2.24) is 4.90 Å². The molecule has 12 nitrogen and oxygen atoms in total. The number of carbonyl (C=O) groups is 5. The second kappa shape index (κ2) is 45.2. The van der Waals surface area contributed by atoms with Crippen LogP contribution in [0.4, 0.5) is 4.79 Å². The summed E-state index contributed by atoms with van der Waals surface area (Å²) in [6.07, 6.45) is 38.6. The zero-order valence-electron chi connectivity index (χ0n) is 45.2. The average Bonchev–Trinajstić information content (AvgIpc) is 3.69. The summed E-state index contributed by atoms with van der Waals surface area (Å²) in [6.45, 7) is 9.87. The maximum absolute atomic E-state index is 13.3. The number of carbonyl (C=O) groups excluding carboxylic acids is 5. The van der Waals surface area contributed by atoms with Crippen LogP contribution in [0, 0.1) is 17.8 Å². The maximum Gasteiger partial charge on any atom is 0.508 e. The zero-order valence-corrected chi connectivity index (χ0v) is 45.2. The lowest BCUT2D eigenvalue weighted by Gasteiger charge is -2.23. The molecule has 1 rings (SSSR count). The third-order valence-electron chi connectivity index (χ3n) is 13.1. The smallest absolute Gasteiger partial charge is 0.466 e. The van der Waals surface area contributed by atoms with E-state index in [0.29, 0.717) is 64.3 Å². The number of hydrogen-bond donors (Lipinski definition) is 0. The molecule has 4 atom stereocenters. The van der Waals surface area contributed by atoms with Crippen molar-refractivity contribution in [2.24, 2.45) is 17.8 Å². The SMILES string of the molecule is CC/C=C\CC1C(CC(=O)OCCC(CCCCCCCC/C=C\C/C=C\CCCCC)OC(=O)CCCCC(COC(=O)CCCCC)COC(=O)CCCCC)CCC1OC(=O)OCCN(C)C. The molecule has 0 bridgehead atoms. The highest BCUT2D eigenvalue weighted by molar-refractivity contribution is 5.71. The van der Waals surface area contributed by atoms with Crippen LogP contribution in [0.15, 0.2) is 36.5 Å². The summed E-state index contributed by atoms with van der Waals surface area (Å²) in [6, 6.07) is 0. The molecule has 404 valence electrons. The van der Waals surface area contributed by atoms with E-state index in [2.05, 4.69) is 64.2 Å². The molecular weight excluding hydrogens is 887 g/mol. The number of unbranched alkanes of at least 4 members (excludes halogenated alkanes) is 14. The number of nitrogens with zero attached hydrogens (tertiary/aromatic N) is 1. The van der Waals surface area contributed by atoms with Gasteiger partial charge in [0.1, 0.15) is 18.8 Å². The van der Waals surface area contributed by atoms with Gasteiger partial charge in [0.15, 0.2) is 0 Å². The van der Waals surface area contributed by atoms with E-state index in [9.17, 15) is 24.0 Å². The van der Waals surface area contributed by atoms with Crippen molar-refractivity contribution < 1.29 is 52.4 Å². The van der Waals surface area contributed by atoms with Gasteiger partial charge < -0.3 is 33.3 Å². The third-order valence-corrected chi connectivity index (χ3v) is 13.1. The van der Waals surface area contributed by atoms with Crippen LogP contribution >= 0.6 is 0 Å². The summed E-state index contributed by atoms with van der Waals surface area (Å²) in [4.78, 5) is 65.8. The molecular formula is C58H101NO11. The molecule has 12 heteroatoms. The second-order valence-corrected chi connectivity index (χ2v) is 19.8. The van der Waals surface area contributed by atoms with Gasteiger partial charge in [0.25, 0.3) is 0 Å². The van der Waals surface area contributed by atoms with Gasteiger partial charge in [-0.3, -0.25) is 19.2 Å². The standard InChI is InChI=1S/C58H101NO11/c1-7-11-15-16-17-18-19-20-21-22-23-24-25-26-27-31-35-51(42-44-65-57(63)46-50-40-41-53(52(50)36-28-12-8-2)70-58(64)66-45-43-59(5)6)69-56(62)39-33-32-34-49(47-67-54(60)37-29-13-9-3)48-68-55(61)38-30-14-10-4/h12,17-18,20-21,28,49-53H,7-11,13-16,19,22-27,29-48H2,1-6H3/b18-17-,21-20-,28-12-. The normalized spacial score (nSPS) is 16.4. The number of allylic oxidation sites excluding steroid dienone is 6. The molecule has 0 aromatic heterocycles. The van der Waals surface area contributed by atoms with Gasteiger partial charge in [-0.25, -0.2) is 4.79 Å². The van der Waals surface area contributed by atoms with Gasteiger partial charge >= 0.3 is 30.0 Å². The summed E-state index contributed by atoms with van der Waals surface area (Å²) in [7, 11) is 3.83. The van der Waals surface area contributed by atoms with Crippen molar-refractivity contribution in [3.05, 3.63) is 36.5 Å². The van der Waals surface area contributed by atoms with E-state index in [0.717, 1.165) is 83.5 Å². The molecule has 0 amide bonds. The minimum atomic E-state index is -0.671. The van der Waals surface area contributed by atoms with Gasteiger partial charge in [0, 0.05) is 50.5 Å². The molecule has 1 saturated carbocycles. The van der Waals surface area contributed by atoms with Crippen LogP contribution in [-0.2, 0) is 47.6 Å². The molecule has 1 aliphatic rings. The van der Waals surface area contributed by atoms with E-state index in [-0.39, 0.29) is 93.1 Å². The minimum Gasteiger partial charge on any atom is -0.466 e. The molecule has 0 aromatic carbocycles. The summed E-state index contributed by atoms with van der Waals surface area (Å²) in [5.74, 6) is -1.19. The van der Waals surface area contributed by atoms with Crippen LogP contribution in [0.5, 0.6) is 0 Å². The Hall–Kier alpha value is -3.67. The first-order valence-corrected chi connectivity index (χ1v) is 28.1. The average molecular weight is 988 g/mol. The third kappa shape index (κ3) is 37.2. The van der Waals surface area contributed by atoms with Crippen molar-refractivity contribution in [3.8, 4) is 0 Å². The molecule has 1 aliphatic carbocycles. The molecule has 1 fully saturated rings. The highest BCUT2D eigenvalue weighted by atomic mass is 16.7. The second-order valence-electron chi connectivity index (χ2n) is 19.8. The van der Waals surface area contributed by atoms with Crippen molar-refractivity contribution in [2.75, 3.05) is 47.1 Å². The van der Waals surface area contributed by atoms with Gasteiger partial charge in [-0.2, -0.15) is 0 Å². The Balaban J connectivity index is 2.77. The quantitative estimate of drug-likeness (QED) is 0.0248. The first kappa shape index (κ1) is 64.3. The molecule has 0 saturated heterocycles. The summed E-state index contributed by atoms with van der Waals surface area (Å²) < 4.78 is 34.1. The Bertz CT molecular complexity index is 1400. The van der Waals surface area contributed by atoms with Crippen LogP contribution in [0.25, 0.3) is 0 Å². The number of hydrogen-bond acceptors (Lipinski definition) is 12. The molecule has 0 heterocycles. The predicted molar refractivity (Wildman–Crippen MR) is 281 cm³/mol. The lowest BCUT2D eigenvalue weighted by molar-refractivity contribution is -0.152. The fraction of sp³-hybridized carbons (Fsp3) is 0.810. The first-order chi connectivity index (χ1) is 34.0. The van der Waals surface area contributed by atoms with Crippen molar-refractivity contribution in [1.29, 1.82) is 0 Å². The first-order valence-electron chi connectivity index (χ1n) is 28.1. The largest absolute Gasteiger partial charge is 0.508 e. The molecule has 4 unspecified atom stereocenters. The van der Waals surface area contributed by atoms with E-state index >= 15 is 0 Å². The van der Waals surface area contributed by atoms with Crippen molar-refractivity contribution in [2.45, 2.75) is 239 Å². The lowest BCUT2D eigenvalue weighted by Crippen LogP contribution is -2.28. The number of likely N-dealkylation sites (N-methyl/N-ethyl adjacent to an activating group) is 1.